The van der Waals surface area contributed by atoms with Crippen LogP contribution in [0.4, 0.5) is 17.5 Å². The average molecular weight is 1100 g/mol. The number of halogens is 1. The van der Waals surface area contributed by atoms with E-state index >= 15 is 0 Å². The largest absolute Gasteiger partial charge is 0.382 e. The van der Waals surface area contributed by atoms with Gasteiger partial charge in [-0.05, 0) is 103 Å². The summed E-state index contributed by atoms with van der Waals surface area (Å²) < 4.78 is 53.1. The van der Waals surface area contributed by atoms with E-state index in [0.717, 1.165) is 44.8 Å². The zero-order chi connectivity index (χ0) is 55.5. The zero-order valence-corrected chi connectivity index (χ0v) is 46.8. The second-order valence-corrected chi connectivity index (χ2v) is 25.9. The van der Waals surface area contributed by atoms with Gasteiger partial charge in [-0.1, -0.05) is 35.9 Å². The molecule has 8 heterocycles. The van der Waals surface area contributed by atoms with Gasteiger partial charge in [0.2, 0.25) is 0 Å². The van der Waals surface area contributed by atoms with Crippen molar-refractivity contribution in [3.05, 3.63) is 148 Å². The van der Waals surface area contributed by atoms with Gasteiger partial charge in [-0.15, -0.1) is 0 Å². The molecule has 0 unspecified atom stereocenters. The van der Waals surface area contributed by atoms with Crippen molar-refractivity contribution in [3.63, 3.8) is 0 Å². The van der Waals surface area contributed by atoms with Gasteiger partial charge in [0.05, 0.1) is 93.5 Å². The smallest absolute Gasteiger partial charge is 0.166 e. The highest BCUT2D eigenvalue weighted by atomic mass is 35.5. The Hall–Kier alpha value is -7.43. The van der Waals surface area contributed by atoms with E-state index in [0.29, 0.717) is 83.9 Å². The number of aryl methyl sites for hydroxylation is 6. The van der Waals surface area contributed by atoms with Gasteiger partial charge in [0.15, 0.2) is 37.1 Å². The van der Waals surface area contributed by atoms with E-state index in [9.17, 15) is 26.4 Å². The molecule has 0 amide bonds. The average Bonchev–Trinajstić information content (AvgIpc) is 4.20. The number of Topliss-reactive ketones (excluding diaryl/α,β-unsaturated/α-hetero) is 2. The summed E-state index contributed by atoms with van der Waals surface area (Å²) in [7, 11) is -5.97. The number of hydrogen-bond acceptors (Lipinski definition) is 16. The highest BCUT2D eigenvalue weighted by molar-refractivity contribution is 7.90. The molecule has 0 saturated carbocycles. The summed E-state index contributed by atoms with van der Waals surface area (Å²) in [6.07, 6.45) is 12.1. The van der Waals surface area contributed by atoms with E-state index in [-0.39, 0.29) is 45.7 Å². The number of fused-ring (bicyclic) bond motifs is 2. The van der Waals surface area contributed by atoms with Crippen LogP contribution < -0.4 is 11.1 Å². The molecule has 8 aromatic rings. The lowest BCUT2D eigenvalue weighted by Gasteiger charge is -2.18. The first kappa shape index (κ1) is 55.8. The van der Waals surface area contributed by atoms with Crippen LogP contribution >= 0.6 is 11.6 Å². The van der Waals surface area contributed by atoms with Gasteiger partial charge in [-0.3, -0.25) is 28.3 Å². The number of sulfone groups is 2. The molecule has 2 aliphatic heterocycles. The Bertz CT molecular complexity index is 3700. The Morgan fingerprint density at radius 3 is 1.58 bits per heavy atom. The van der Waals surface area contributed by atoms with Gasteiger partial charge in [0.1, 0.15) is 29.4 Å². The molecule has 23 heteroatoms. The maximum absolute atomic E-state index is 12.7. The second-order valence-electron chi connectivity index (χ2n) is 21.2. The topological polar surface area (TPSA) is 263 Å². The van der Waals surface area contributed by atoms with Crippen molar-refractivity contribution >= 4 is 60.3 Å². The van der Waals surface area contributed by atoms with Crippen LogP contribution in [0.25, 0.3) is 22.5 Å². The summed E-state index contributed by atoms with van der Waals surface area (Å²) in [5, 5.41) is 20.6. The van der Waals surface area contributed by atoms with E-state index < -0.39 is 19.7 Å². The third-order valence-electron chi connectivity index (χ3n) is 13.0. The van der Waals surface area contributed by atoms with Crippen LogP contribution in [0.15, 0.2) is 98.1 Å². The lowest BCUT2D eigenvalue weighted by atomic mass is 9.98. The Kier molecular flexibility index (Phi) is 16.4. The number of carbonyl (C=O) groups is 2. The Balaban J connectivity index is 0.000000173. The summed E-state index contributed by atoms with van der Waals surface area (Å²) >= 11 is 5.94. The third-order valence-corrected chi connectivity index (χ3v) is 16.3. The summed E-state index contributed by atoms with van der Waals surface area (Å²) in [6, 6.07) is 19.1. The number of aromatic nitrogens is 12. The van der Waals surface area contributed by atoms with Crippen molar-refractivity contribution in [2.75, 3.05) is 22.6 Å². The number of rotatable bonds is 12. The summed E-state index contributed by atoms with van der Waals surface area (Å²) in [5.74, 6) is 2.02. The lowest BCUT2D eigenvalue weighted by molar-refractivity contribution is 0.0974. The van der Waals surface area contributed by atoms with E-state index in [4.69, 9.17) is 17.3 Å². The summed E-state index contributed by atoms with van der Waals surface area (Å²) in [4.78, 5) is 42.1. The molecule has 0 spiro atoms. The van der Waals surface area contributed by atoms with Crippen LogP contribution in [0.1, 0.15) is 109 Å². The minimum atomic E-state index is -3.07. The third kappa shape index (κ3) is 14.5. The van der Waals surface area contributed by atoms with Gasteiger partial charge in [0, 0.05) is 60.6 Å². The highest BCUT2D eigenvalue weighted by Gasteiger charge is 2.25. The molecule has 3 N–H and O–H groups in total. The molecule has 404 valence electrons. The van der Waals surface area contributed by atoms with Crippen LogP contribution in [0.2, 0.25) is 5.15 Å². The SMILES string of the molecule is Cc1cc(-c2cc(Cl)ncn2)ccc1CCC(=O)c1cnn(C(C)(C)C)c1.Cc1cc(-c2cc(Nc3cc4n(n3)CCS(=O)(=O)C4)ncn2)ccc1CCC(=O)c1cnn(C(C)(C)C)c1.Nc1cc2n(n1)CCS(=O)(=O)C2. The summed E-state index contributed by atoms with van der Waals surface area (Å²) in [6.45, 7) is 17.2. The number of nitrogens with zero attached hydrogens (tertiary/aromatic N) is 12. The molecule has 2 aliphatic rings. The fraction of sp³-hybridized carbons (Fsp3) is 0.370. The number of carbonyl (C=O) groups excluding carboxylic acids is 2. The van der Waals surface area contributed by atoms with Crippen molar-refractivity contribution in [1.29, 1.82) is 0 Å². The first-order valence-corrected chi connectivity index (χ1v) is 29.0. The maximum atomic E-state index is 12.7. The minimum absolute atomic E-state index is 0.00548. The number of nitrogens with two attached hydrogens (primary N) is 1. The molecule has 20 nitrogen and oxygen atoms in total. The fourth-order valence-corrected chi connectivity index (χ4v) is 11.3. The van der Waals surface area contributed by atoms with Gasteiger partial charge in [-0.25, -0.2) is 36.8 Å². The number of nitrogens with one attached hydrogen (secondary N) is 1. The number of ketones is 2. The van der Waals surface area contributed by atoms with Crippen LogP contribution in [0, 0.1) is 13.8 Å². The molecule has 0 aliphatic carbocycles. The van der Waals surface area contributed by atoms with Gasteiger partial charge < -0.3 is 11.1 Å². The lowest BCUT2D eigenvalue weighted by Crippen LogP contribution is -2.24. The molecule has 2 aromatic carbocycles. The van der Waals surface area contributed by atoms with Crippen molar-refractivity contribution < 1.29 is 26.4 Å². The number of benzene rings is 2. The van der Waals surface area contributed by atoms with E-state index in [1.807, 2.05) is 65.9 Å². The van der Waals surface area contributed by atoms with Crippen molar-refractivity contribution in [2.24, 2.45) is 0 Å². The normalized spacial score (nSPS) is 14.5. The Morgan fingerprint density at radius 1 is 0.623 bits per heavy atom. The first-order chi connectivity index (χ1) is 36.3. The molecule has 0 radical (unpaired) electrons. The predicted octanol–water partition coefficient (Wildman–Crippen LogP) is 8.35. The maximum Gasteiger partial charge on any atom is 0.166 e. The first-order valence-electron chi connectivity index (χ1n) is 25.0. The van der Waals surface area contributed by atoms with E-state index in [1.54, 1.807) is 40.0 Å². The minimum Gasteiger partial charge on any atom is -0.382 e. The second kappa shape index (κ2) is 22.6. The van der Waals surface area contributed by atoms with Crippen LogP contribution in [-0.4, -0.2) is 99.0 Å². The zero-order valence-electron chi connectivity index (χ0n) is 44.4. The molecule has 0 atom stereocenters. The van der Waals surface area contributed by atoms with Crippen molar-refractivity contribution in [1.82, 2.24) is 59.1 Å². The molecule has 0 fully saturated rings. The molecular weight excluding hydrogens is 1040 g/mol. The standard InChI is InChI=1S/C27H31N7O3S.C21H23ClN4O.C6H9N3O2S/c1-18-11-20(6-5-19(18)7-8-24(35)21-14-30-34(15-21)27(2,3)4)23-13-25(29-17-28-23)31-26-12-22-16-38(36,37)10-9-33(22)32-26;1-14-9-16(18-10-20(22)24-13-23-18)6-5-15(14)7-8-19(27)17-11-25-26(12-17)21(2,3)4;7-6-3-5-4-12(10,11)2-1-9(5)8-6/h5-6,11-15,17H,7-10,16H2,1-4H3,(H,28,29,31,32);5-6,9-13H,7-8H2,1-4H3;3H,1-2,4H2,(H2,7,8). The van der Waals surface area contributed by atoms with Crippen LogP contribution in [0.5, 0.6) is 0 Å². The van der Waals surface area contributed by atoms with Crippen LogP contribution in [-0.2, 0) is 68.2 Å². The molecular formula is C54H63ClN14O6S2. The monoisotopic (exact) mass is 1100 g/mol. The Morgan fingerprint density at radius 2 is 1.10 bits per heavy atom. The number of nitrogen functional groups attached to an aromatic ring is 1. The van der Waals surface area contributed by atoms with Gasteiger partial charge in [0.25, 0.3) is 0 Å². The summed E-state index contributed by atoms with van der Waals surface area (Å²) in [5.41, 5.74) is 15.7. The van der Waals surface area contributed by atoms with E-state index in [2.05, 4.69) is 99.3 Å². The number of anilines is 3. The molecule has 77 heavy (non-hydrogen) atoms. The molecule has 6 aromatic heterocycles. The highest BCUT2D eigenvalue weighted by Crippen LogP contribution is 2.27. The molecule has 10 rings (SSSR count). The quantitative estimate of drug-likeness (QED) is 0.0860. The van der Waals surface area contributed by atoms with Gasteiger partial charge in [-0.2, -0.15) is 20.4 Å². The van der Waals surface area contributed by atoms with Crippen molar-refractivity contribution in [2.45, 2.75) is 117 Å². The number of hydrogen-bond donors (Lipinski definition) is 2. The predicted molar refractivity (Wildman–Crippen MR) is 296 cm³/mol. The van der Waals surface area contributed by atoms with Gasteiger partial charge >= 0.3 is 0 Å². The molecule has 0 saturated heterocycles. The Labute approximate surface area is 453 Å². The van der Waals surface area contributed by atoms with Crippen molar-refractivity contribution in [3.8, 4) is 22.5 Å². The fourth-order valence-electron chi connectivity index (χ4n) is 8.59. The van der Waals surface area contributed by atoms with Crippen LogP contribution in [0.3, 0.4) is 0 Å². The molecule has 0 bridgehead atoms. The van der Waals surface area contributed by atoms with E-state index in [1.165, 1.54) is 12.7 Å².